The summed E-state index contributed by atoms with van der Waals surface area (Å²) in [5, 5.41) is 3.52. The predicted molar refractivity (Wildman–Crippen MR) is 82.6 cm³/mol. The van der Waals surface area contributed by atoms with Crippen molar-refractivity contribution in [3.05, 3.63) is 35.4 Å². The molecule has 0 aromatic heterocycles. The van der Waals surface area contributed by atoms with E-state index in [1.165, 1.54) is 18.6 Å². The molecule has 1 aromatic rings. The molecule has 1 N–H and O–H groups in total. The Morgan fingerprint density at radius 1 is 1.29 bits per heavy atom. The smallest absolute Gasteiger partial charge is 0.309 e. The van der Waals surface area contributed by atoms with Gasteiger partial charge in [0.15, 0.2) is 0 Å². The molecule has 0 amide bonds. The molecule has 5 heteroatoms. The fraction of sp³-hybridized carbons (Fsp3) is 0.625. The van der Waals surface area contributed by atoms with Crippen LogP contribution in [0.3, 0.4) is 0 Å². The summed E-state index contributed by atoms with van der Waals surface area (Å²) in [4.78, 5) is 0. The van der Waals surface area contributed by atoms with E-state index in [2.05, 4.69) is 19.2 Å². The van der Waals surface area contributed by atoms with Gasteiger partial charge in [0, 0.05) is 10.8 Å². The van der Waals surface area contributed by atoms with Crippen LogP contribution >= 0.6 is 11.8 Å². The van der Waals surface area contributed by atoms with Crippen LogP contribution in [0.15, 0.2) is 24.3 Å². The van der Waals surface area contributed by atoms with Gasteiger partial charge in [-0.2, -0.15) is 24.9 Å². The van der Waals surface area contributed by atoms with Crippen LogP contribution in [0.2, 0.25) is 0 Å². The predicted octanol–water partition coefficient (Wildman–Crippen LogP) is 5.03. The van der Waals surface area contributed by atoms with Crippen molar-refractivity contribution in [2.45, 2.75) is 50.1 Å². The molecule has 0 radical (unpaired) electrons. The number of alkyl halides is 3. The van der Waals surface area contributed by atoms with E-state index >= 15 is 0 Å². The Bertz CT molecular complexity index is 450. The summed E-state index contributed by atoms with van der Waals surface area (Å²) in [5.41, 5.74) is 0.373. The molecular formula is C16H22F3NS. The van der Waals surface area contributed by atoms with Crippen LogP contribution < -0.4 is 5.32 Å². The minimum atomic E-state index is -4.27. The van der Waals surface area contributed by atoms with Gasteiger partial charge < -0.3 is 5.32 Å². The Morgan fingerprint density at radius 3 is 2.43 bits per heavy atom. The first-order valence-electron chi connectivity index (χ1n) is 7.41. The van der Waals surface area contributed by atoms with Gasteiger partial charge in [0.2, 0.25) is 0 Å². The van der Waals surface area contributed by atoms with Gasteiger partial charge in [0.05, 0.1) is 5.56 Å². The van der Waals surface area contributed by atoms with Gasteiger partial charge in [-0.05, 0) is 56.2 Å². The fourth-order valence-corrected chi connectivity index (χ4v) is 4.30. The lowest BCUT2D eigenvalue weighted by atomic mass is 9.89. The highest BCUT2D eigenvalue weighted by molar-refractivity contribution is 8.00. The molecule has 1 aliphatic heterocycles. The minimum absolute atomic E-state index is 0.0644. The third kappa shape index (κ3) is 3.95. The molecule has 2 rings (SSSR count). The molecule has 2 atom stereocenters. The average molecular weight is 317 g/mol. The summed E-state index contributed by atoms with van der Waals surface area (Å²) in [6.07, 6.45) is -0.985. The quantitative estimate of drug-likeness (QED) is 0.817. The van der Waals surface area contributed by atoms with Crippen LogP contribution in [-0.4, -0.2) is 17.0 Å². The van der Waals surface area contributed by atoms with Crippen molar-refractivity contribution in [2.24, 2.45) is 0 Å². The Balaban J connectivity index is 2.24. The van der Waals surface area contributed by atoms with Crippen molar-refractivity contribution >= 4 is 11.8 Å². The van der Waals surface area contributed by atoms with Gasteiger partial charge in [0.25, 0.3) is 0 Å². The normalized spacial score (nSPS) is 24.2. The van der Waals surface area contributed by atoms with Gasteiger partial charge in [0.1, 0.15) is 0 Å². The number of hydrogen-bond donors (Lipinski definition) is 1. The zero-order valence-electron chi connectivity index (χ0n) is 12.5. The van der Waals surface area contributed by atoms with E-state index in [0.717, 1.165) is 30.7 Å². The Morgan fingerprint density at radius 2 is 1.95 bits per heavy atom. The highest BCUT2D eigenvalue weighted by atomic mass is 32.2. The summed E-state index contributed by atoms with van der Waals surface area (Å²) in [6, 6.07) is 5.74. The molecule has 1 nitrogen and oxygen atoms in total. The van der Waals surface area contributed by atoms with Gasteiger partial charge in [-0.1, -0.05) is 19.1 Å². The molecule has 2 unspecified atom stereocenters. The second kappa shape index (κ2) is 6.61. The molecule has 0 aliphatic carbocycles. The highest BCUT2D eigenvalue weighted by Crippen LogP contribution is 2.46. The number of benzene rings is 1. The number of thioether (sulfide) groups is 1. The maximum absolute atomic E-state index is 12.7. The first-order chi connectivity index (χ1) is 9.87. The van der Waals surface area contributed by atoms with E-state index < -0.39 is 11.7 Å². The van der Waals surface area contributed by atoms with Crippen LogP contribution in [0, 0.1) is 0 Å². The lowest BCUT2D eigenvalue weighted by molar-refractivity contribution is -0.137. The first kappa shape index (κ1) is 16.7. The number of nitrogens with one attached hydrogen (secondary N) is 1. The van der Waals surface area contributed by atoms with E-state index in [1.54, 1.807) is 12.1 Å². The summed E-state index contributed by atoms with van der Waals surface area (Å²) in [7, 11) is 0. The van der Waals surface area contributed by atoms with Crippen LogP contribution in [0.5, 0.6) is 0 Å². The third-order valence-electron chi connectivity index (χ3n) is 4.03. The molecule has 118 valence electrons. The summed E-state index contributed by atoms with van der Waals surface area (Å²) in [6.45, 7) is 5.19. The maximum atomic E-state index is 12.7. The lowest BCUT2D eigenvalue weighted by Crippen LogP contribution is -2.38. The molecule has 1 aliphatic rings. The third-order valence-corrected chi connectivity index (χ3v) is 5.62. The molecule has 1 fully saturated rings. The number of halogens is 3. The second-order valence-electron chi connectivity index (χ2n) is 5.77. The molecule has 1 heterocycles. The van der Waals surface area contributed by atoms with Gasteiger partial charge in [-0.3, -0.25) is 0 Å². The number of hydrogen-bond acceptors (Lipinski definition) is 2. The van der Waals surface area contributed by atoms with Crippen LogP contribution in [0.1, 0.15) is 50.3 Å². The summed E-state index contributed by atoms with van der Waals surface area (Å²) >= 11 is 1.92. The molecule has 1 aromatic carbocycles. The molecule has 0 spiro atoms. The maximum Gasteiger partial charge on any atom is 0.416 e. The standard InChI is InChI=1S/C16H22F3NS/c1-3-10-20-14(15(2)9-4-11-21-15)12-5-7-13(8-6-12)16(17,18)19/h5-8,14,20H,3-4,9-11H2,1-2H3. The van der Waals surface area contributed by atoms with Gasteiger partial charge in [-0.15, -0.1) is 0 Å². The van der Waals surface area contributed by atoms with E-state index in [0.29, 0.717) is 0 Å². The largest absolute Gasteiger partial charge is 0.416 e. The van der Waals surface area contributed by atoms with Crippen LogP contribution in [0.25, 0.3) is 0 Å². The highest BCUT2D eigenvalue weighted by Gasteiger charge is 2.39. The monoisotopic (exact) mass is 317 g/mol. The molecule has 21 heavy (non-hydrogen) atoms. The Kier molecular flexibility index (Phi) is 5.25. The Hall–Kier alpha value is -0.680. The lowest BCUT2D eigenvalue weighted by Gasteiger charge is -2.34. The van der Waals surface area contributed by atoms with E-state index in [9.17, 15) is 13.2 Å². The molecule has 0 saturated carbocycles. The summed E-state index contributed by atoms with van der Waals surface area (Å²) in [5.74, 6) is 1.13. The van der Waals surface area contributed by atoms with Gasteiger partial charge in [-0.25, -0.2) is 0 Å². The second-order valence-corrected chi connectivity index (χ2v) is 7.40. The van der Waals surface area contributed by atoms with Crippen LogP contribution in [-0.2, 0) is 6.18 Å². The van der Waals surface area contributed by atoms with E-state index in [4.69, 9.17) is 0 Å². The topological polar surface area (TPSA) is 12.0 Å². The van der Waals surface area contributed by atoms with Crippen molar-refractivity contribution < 1.29 is 13.2 Å². The zero-order valence-corrected chi connectivity index (χ0v) is 13.3. The fourth-order valence-electron chi connectivity index (χ4n) is 2.87. The van der Waals surface area contributed by atoms with E-state index in [1.807, 2.05) is 11.8 Å². The first-order valence-corrected chi connectivity index (χ1v) is 8.40. The SMILES string of the molecule is CCCNC(c1ccc(C(F)(F)F)cc1)C1(C)CCCS1. The van der Waals surface area contributed by atoms with Crippen molar-refractivity contribution in [1.82, 2.24) is 5.32 Å². The van der Waals surface area contributed by atoms with E-state index in [-0.39, 0.29) is 10.8 Å². The van der Waals surface area contributed by atoms with Crippen LogP contribution in [0.4, 0.5) is 13.2 Å². The molecule has 1 saturated heterocycles. The van der Waals surface area contributed by atoms with Crippen molar-refractivity contribution in [1.29, 1.82) is 0 Å². The van der Waals surface area contributed by atoms with Gasteiger partial charge >= 0.3 is 6.18 Å². The Labute approximate surface area is 128 Å². The molecule has 0 bridgehead atoms. The average Bonchev–Trinajstić information content (AvgIpc) is 2.86. The van der Waals surface area contributed by atoms with Crippen molar-refractivity contribution in [3.8, 4) is 0 Å². The van der Waals surface area contributed by atoms with Crippen molar-refractivity contribution in [3.63, 3.8) is 0 Å². The summed E-state index contributed by atoms with van der Waals surface area (Å²) < 4.78 is 38.1. The zero-order chi connectivity index (χ0) is 15.5. The number of rotatable bonds is 5. The minimum Gasteiger partial charge on any atom is -0.309 e. The van der Waals surface area contributed by atoms with Crippen molar-refractivity contribution in [2.75, 3.05) is 12.3 Å². The molecular weight excluding hydrogens is 295 g/mol.